The van der Waals surface area contributed by atoms with E-state index in [2.05, 4.69) is 10.5 Å². The van der Waals surface area contributed by atoms with Gasteiger partial charge in [0.05, 0.1) is 0 Å². The predicted molar refractivity (Wildman–Crippen MR) is 72.7 cm³/mol. The fourth-order valence-corrected chi connectivity index (χ4v) is 2.12. The summed E-state index contributed by atoms with van der Waals surface area (Å²) in [6.45, 7) is 0. The van der Waals surface area contributed by atoms with Gasteiger partial charge in [0.1, 0.15) is 5.82 Å². The number of benzene rings is 1. The van der Waals surface area contributed by atoms with Crippen molar-refractivity contribution in [1.82, 2.24) is 15.2 Å². The summed E-state index contributed by atoms with van der Waals surface area (Å²) in [5, 5.41) is 4.14. The zero-order valence-corrected chi connectivity index (χ0v) is 11.0. The second-order valence-electron chi connectivity index (χ2n) is 4.68. The van der Waals surface area contributed by atoms with Crippen LogP contribution in [0, 0.1) is 5.82 Å². The number of nitrogens with zero attached hydrogens (tertiary/aromatic N) is 2. The molecule has 0 amide bonds. The molecule has 0 bridgehead atoms. The summed E-state index contributed by atoms with van der Waals surface area (Å²) >= 11 is 0. The van der Waals surface area contributed by atoms with Crippen LogP contribution in [0.1, 0.15) is 17.7 Å². The third kappa shape index (κ3) is 3.87. The average molecular weight is 262 g/mol. The number of aromatic nitrogens is 2. The molecule has 2 aromatic rings. The fraction of sp³-hybridized carbons (Fsp3) is 0.357. The van der Waals surface area contributed by atoms with E-state index >= 15 is 0 Å². The molecule has 0 radical (unpaired) electrons. The van der Waals surface area contributed by atoms with Gasteiger partial charge in [-0.2, -0.15) is 5.10 Å². The fourth-order valence-electron chi connectivity index (χ4n) is 2.12. The molecule has 0 aliphatic rings. The molecular formula is C14H19FN4. The maximum absolute atomic E-state index is 12.8. The van der Waals surface area contributed by atoms with Crippen LogP contribution in [0.2, 0.25) is 0 Å². The Hall–Kier alpha value is -1.72. The molecule has 0 saturated heterocycles. The summed E-state index contributed by atoms with van der Waals surface area (Å²) < 4.78 is 14.7. The van der Waals surface area contributed by atoms with Crippen molar-refractivity contribution in [1.29, 1.82) is 0 Å². The van der Waals surface area contributed by atoms with E-state index in [0.717, 1.165) is 24.8 Å². The van der Waals surface area contributed by atoms with Crippen molar-refractivity contribution in [2.75, 3.05) is 0 Å². The Kier molecular flexibility index (Phi) is 4.65. The van der Waals surface area contributed by atoms with Crippen LogP contribution >= 0.6 is 0 Å². The van der Waals surface area contributed by atoms with Gasteiger partial charge in [-0.1, -0.05) is 12.1 Å². The monoisotopic (exact) mass is 262 g/mol. The van der Waals surface area contributed by atoms with Crippen LogP contribution in [0.4, 0.5) is 4.39 Å². The van der Waals surface area contributed by atoms with Gasteiger partial charge in [-0.05, 0) is 43.0 Å². The van der Waals surface area contributed by atoms with Gasteiger partial charge in [-0.25, -0.2) is 4.39 Å². The van der Waals surface area contributed by atoms with Crippen molar-refractivity contribution in [2.45, 2.75) is 25.3 Å². The number of hydrogen-bond donors (Lipinski definition) is 2. The summed E-state index contributed by atoms with van der Waals surface area (Å²) in [5.41, 5.74) is 5.08. The summed E-state index contributed by atoms with van der Waals surface area (Å²) in [6, 6.07) is 8.72. The number of nitrogens with one attached hydrogen (secondary N) is 1. The smallest absolute Gasteiger partial charge is 0.123 e. The quantitative estimate of drug-likeness (QED) is 0.613. The van der Waals surface area contributed by atoms with Crippen LogP contribution in [0.3, 0.4) is 0 Å². The molecule has 0 saturated carbocycles. The Morgan fingerprint density at radius 3 is 2.63 bits per heavy atom. The molecule has 1 aromatic carbocycles. The predicted octanol–water partition coefficient (Wildman–Crippen LogP) is 1.57. The molecule has 1 aromatic heterocycles. The second-order valence-corrected chi connectivity index (χ2v) is 4.68. The standard InChI is InChI=1S/C14H19FN4/c1-19-14(8-9-17-19)7-6-13(18-16)10-11-2-4-12(15)5-3-11/h2-5,8-9,13,18H,6-7,10,16H2,1H3. The zero-order valence-electron chi connectivity index (χ0n) is 11.0. The molecule has 102 valence electrons. The average Bonchev–Trinajstić information content (AvgIpc) is 2.82. The molecule has 19 heavy (non-hydrogen) atoms. The van der Waals surface area contributed by atoms with Gasteiger partial charge in [-0.15, -0.1) is 0 Å². The maximum Gasteiger partial charge on any atom is 0.123 e. The van der Waals surface area contributed by atoms with Crippen LogP contribution in [0.5, 0.6) is 0 Å². The lowest BCUT2D eigenvalue weighted by Gasteiger charge is -2.16. The van der Waals surface area contributed by atoms with E-state index in [4.69, 9.17) is 5.84 Å². The highest BCUT2D eigenvalue weighted by Gasteiger charge is 2.09. The number of aryl methyl sites for hydroxylation is 2. The van der Waals surface area contributed by atoms with Crippen LogP contribution in [0.25, 0.3) is 0 Å². The highest BCUT2D eigenvalue weighted by Crippen LogP contribution is 2.10. The molecule has 1 atom stereocenters. The highest BCUT2D eigenvalue weighted by atomic mass is 19.1. The first-order valence-electron chi connectivity index (χ1n) is 6.36. The van der Waals surface area contributed by atoms with Crippen LogP contribution in [-0.2, 0) is 19.9 Å². The van der Waals surface area contributed by atoms with Crippen molar-refractivity contribution >= 4 is 0 Å². The molecule has 0 aliphatic carbocycles. The number of halogens is 1. The number of hydrogen-bond acceptors (Lipinski definition) is 3. The molecule has 0 aliphatic heterocycles. The van der Waals surface area contributed by atoms with Crippen molar-refractivity contribution in [3.8, 4) is 0 Å². The lowest BCUT2D eigenvalue weighted by atomic mass is 10.0. The first kappa shape index (κ1) is 13.7. The van der Waals surface area contributed by atoms with E-state index in [1.807, 2.05) is 17.8 Å². The van der Waals surface area contributed by atoms with Gasteiger partial charge in [0, 0.05) is 25.0 Å². The van der Waals surface area contributed by atoms with E-state index in [9.17, 15) is 4.39 Å². The molecule has 1 heterocycles. The largest absolute Gasteiger partial charge is 0.273 e. The molecule has 0 spiro atoms. The Morgan fingerprint density at radius 1 is 1.32 bits per heavy atom. The summed E-state index contributed by atoms with van der Waals surface area (Å²) in [4.78, 5) is 0. The Labute approximate surface area is 112 Å². The van der Waals surface area contributed by atoms with E-state index in [1.165, 1.54) is 17.8 Å². The lowest BCUT2D eigenvalue weighted by Crippen LogP contribution is -2.37. The molecule has 3 N–H and O–H groups in total. The minimum Gasteiger partial charge on any atom is -0.273 e. The van der Waals surface area contributed by atoms with Crippen LogP contribution in [0.15, 0.2) is 36.5 Å². The Morgan fingerprint density at radius 2 is 2.05 bits per heavy atom. The van der Waals surface area contributed by atoms with Gasteiger partial charge in [0.25, 0.3) is 0 Å². The SMILES string of the molecule is Cn1nccc1CCC(Cc1ccc(F)cc1)NN. The first-order valence-corrected chi connectivity index (χ1v) is 6.36. The van der Waals surface area contributed by atoms with Gasteiger partial charge in [-0.3, -0.25) is 16.0 Å². The minimum atomic E-state index is -0.212. The summed E-state index contributed by atoms with van der Waals surface area (Å²) in [7, 11) is 1.93. The Balaban J connectivity index is 1.90. The third-order valence-corrected chi connectivity index (χ3v) is 3.30. The minimum absolute atomic E-state index is 0.167. The molecule has 2 rings (SSSR count). The topological polar surface area (TPSA) is 55.9 Å². The van der Waals surface area contributed by atoms with Crippen LogP contribution < -0.4 is 11.3 Å². The molecule has 1 unspecified atom stereocenters. The van der Waals surface area contributed by atoms with Gasteiger partial charge in [0.15, 0.2) is 0 Å². The molecule has 4 nitrogen and oxygen atoms in total. The van der Waals surface area contributed by atoms with Gasteiger partial charge >= 0.3 is 0 Å². The molecular weight excluding hydrogens is 243 g/mol. The van der Waals surface area contributed by atoms with Crippen molar-refractivity contribution < 1.29 is 4.39 Å². The zero-order chi connectivity index (χ0) is 13.7. The number of hydrazine groups is 1. The van der Waals surface area contributed by atoms with Gasteiger partial charge < -0.3 is 0 Å². The van der Waals surface area contributed by atoms with E-state index in [0.29, 0.717) is 0 Å². The van der Waals surface area contributed by atoms with Gasteiger partial charge in [0.2, 0.25) is 0 Å². The summed E-state index contributed by atoms with van der Waals surface area (Å²) in [6.07, 6.45) is 4.40. The second kappa shape index (κ2) is 6.45. The Bertz CT molecular complexity index is 506. The van der Waals surface area contributed by atoms with Crippen LogP contribution in [-0.4, -0.2) is 15.8 Å². The lowest BCUT2D eigenvalue weighted by molar-refractivity contribution is 0.483. The normalized spacial score (nSPS) is 12.6. The summed E-state index contributed by atoms with van der Waals surface area (Å²) in [5.74, 6) is 5.37. The maximum atomic E-state index is 12.8. The third-order valence-electron chi connectivity index (χ3n) is 3.30. The highest BCUT2D eigenvalue weighted by molar-refractivity contribution is 5.17. The molecule has 5 heteroatoms. The number of rotatable bonds is 6. The van der Waals surface area contributed by atoms with E-state index in [1.54, 1.807) is 18.3 Å². The van der Waals surface area contributed by atoms with E-state index < -0.39 is 0 Å². The first-order chi connectivity index (χ1) is 9.19. The molecule has 0 fully saturated rings. The van der Waals surface area contributed by atoms with Crippen molar-refractivity contribution in [3.05, 3.63) is 53.6 Å². The van der Waals surface area contributed by atoms with Crippen molar-refractivity contribution in [2.24, 2.45) is 12.9 Å². The van der Waals surface area contributed by atoms with E-state index in [-0.39, 0.29) is 11.9 Å². The number of nitrogens with two attached hydrogens (primary N) is 1. The van der Waals surface area contributed by atoms with Crippen molar-refractivity contribution in [3.63, 3.8) is 0 Å².